The smallest absolute Gasteiger partial charge is 0.244 e. The molecule has 1 rings (SSSR count). The third-order valence-corrected chi connectivity index (χ3v) is 4.24. The van der Waals surface area contributed by atoms with Gasteiger partial charge < -0.3 is 10.1 Å². The normalized spacial score (nSPS) is 11.8. The molecule has 1 aromatic carbocycles. The quantitative estimate of drug-likeness (QED) is 0.767. The second-order valence-corrected chi connectivity index (χ2v) is 6.75. The van der Waals surface area contributed by atoms with Gasteiger partial charge in [0.1, 0.15) is 10.6 Å². The van der Waals surface area contributed by atoms with E-state index in [0.717, 1.165) is 12.1 Å². The molecule has 0 fully saturated rings. The van der Waals surface area contributed by atoms with Crippen LogP contribution in [-0.2, 0) is 16.6 Å². The lowest BCUT2D eigenvalue weighted by Crippen LogP contribution is -2.28. The van der Waals surface area contributed by atoms with E-state index >= 15 is 0 Å². The van der Waals surface area contributed by atoms with Crippen molar-refractivity contribution in [2.75, 3.05) is 20.2 Å². The van der Waals surface area contributed by atoms with Crippen molar-refractivity contribution in [3.63, 3.8) is 0 Å². The van der Waals surface area contributed by atoms with E-state index in [1.807, 2.05) is 20.8 Å². The lowest BCUT2D eigenvalue weighted by Gasteiger charge is -2.13. The third kappa shape index (κ3) is 4.77. The van der Waals surface area contributed by atoms with Crippen molar-refractivity contribution in [3.05, 3.63) is 23.8 Å². The summed E-state index contributed by atoms with van der Waals surface area (Å²) < 4.78 is 32.3. The van der Waals surface area contributed by atoms with Crippen LogP contribution in [0, 0.1) is 5.92 Å². The molecule has 0 radical (unpaired) electrons. The van der Waals surface area contributed by atoms with E-state index in [4.69, 9.17) is 4.74 Å². The Bertz CT molecular complexity index is 527. The summed E-state index contributed by atoms with van der Waals surface area (Å²) >= 11 is 0. The molecular weight excluding hydrogens is 276 g/mol. The molecule has 0 amide bonds. The minimum absolute atomic E-state index is 0.181. The molecule has 0 saturated carbocycles. The third-order valence-electron chi connectivity index (χ3n) is 2.78. The van der Waals surface area contributed by atoms with E-state index in [2.05, 4.69) is 10.0 Å². The molecule has 114 valence electrons. The van der Waals surface area contributed by atoms with Crippen LogP contribution in [0.5, 0.6) is 5.75 Å². The first kappa shape index (κ1) is 16.9. The average Bonchev–Trinajstić information content (AvgIpc) is 2.42. The lowest BCUT2D eigenvalue weighted by atomic mass is 10.2. The predicted octanol–water partition coefficient (Wildman–Crippen LogP) is 1.74. The van der Waals surface area contributed by atoms with Crippen LogP contribution in [0.15, 0.2) is 23.1 Å². The van der Waals surface area contributed by atoms with Gasteiger partial charge >= 0.3 is 0 Å². The van der Waals surface area contributed by atoms with Gasteiger partial charge in [0, 0.05) is 13.1 Å². The fourth-order valence-electron chi connectivity index (χ4n) is 1.67. The molecule has 0 spiro atoms. The largest absolute Gasteiger partial charge is 0.495 e. The highest BCUT2D eigenvalue weighted by molar-refractivity contribution is 7.89. The van der Waals surface area contributed by atoms with Crippen LogP contribution >= 0.6 is 0 Å². The van der Waals surface area contributed by atoms with Crippen molar-refractivity contribution in [2.24, 2.45) is 5.92 Å². The zero-order chi connectivity index (χ0) is 15.2. The summed E-state index contributed by atoms with van der Waals surface area (Å²) in [6.07, 6.45) is 0. The van der Waals surface area contributed by atoms with Crippen LogP contribution in [-0.4, -0.2) is 28.6 Å². The average molecular weight is 300 g/mol. The first-order chi connectivity index (χ1) is 9.40. The van der Waals surface area contributed by atoms with E-state index < -0.39 is 10.0 Å². The van der Waals surface area contributed by atoms with E-state index in [1.54, 1.807) is 18.2 Å². The number of rotatable bonds is 8. The maximum atomic E-state index is 12.2. The fraction of sp³-hybridized carbons (Fsp3) is 0.571. The van der Waals surface area contributed by atoms with Gasteiger partial charge in [-0.2, -0.15) is 0 Å². The second kappa shape index (κ2) is 7.61. The molecule has 0 saturated heterocycles. The van der Waals surface area contributed by atoms with Crippen molar-refractivity contribution in [1.29, 1.82) is 0 Å². The molecule has 1 aromatic rings. The highest BCUT2D eigenvalue weighted by Gasteiger charge is 2.19. The highest BCUT2D eigenvalue weighted by Crippen LogP contribution is 2.25. The summed E-state index contributed by atoms with van der Waals surface area (Å²) in [5.41, 5.74) is 0.992. The number of benzene rings is 1. The van der Waals surface area contributed by atoms with Gasteiger partial charge in [-0.15, -0.1) is 0 Å². The molecule has 6 heteroatoms. The van der Waals surface area contributed by atoms with Gasteiger partial charge in [0.15, 0.2) is 0 Å². The number of methoxy groups -OCH3 is 1. The second-order valence-electron chi connectivity index (χ2n) is 5.01. The van der Waals surface area contributed by atoms with E-state index in [9.17, 15) is 8.42 Å². The lowest BCUT2D eigenvalue weighted by molar-refractivity contribution is 0.401. The van der Waals surface area contributed by atoms with Crippen LogP contribution in [0.1, 0.15) is 26.3 Å². The first-order valence-electron chi connectivity index (χ1n) is 6.78. The Morgan fingerprint density at radius 2 is 2.00 bits per heavy atom. The Labute approximate surface area is 121 Å². The summed E-state index contributed by atoms with van der Waals surface area (Å²) in [6.45, 7) is 7.89. The van der Waals surface area contributed by atoms with Gasteiger partial charge in [0.2, 0.25) is 10.0 Å². The number of hydrogen-bond acceptors (Lipinski definition) is 4. The number of nitrogens with one attached hydrogen (secondary N) is 2. The van der Waals surface area contributed by atoms with Crippen molar-refractivity contribution in [3.8, 4) is 5.75 Å². The summed E-state index contributed by atoms with van der Waals surface area (Å²) in [6, 6.07) is 5.15. The van der Waals surface area contributed by atoms with Crippen molar-refractivity contribution < 1.29 is 13.2 Å². The van der Waals surface area contributed by atoms with Crippen LogP contribution in [0.4, 0.5) is 0 Å². The summed E-state index contributed by atoms with van der Waals surface area (Å²) in [5, 5.41) is 3.19. The van der Waals surface area contributed by atoms with Crippen LogP contribution in [0.25, 0.3) is 0 Å². The maximum absolute atomic E-state index is 12.2. The Morgan fingerprint density at radius 3 is 2.55 bits per heavy atom. The van der Waals surface area contributed by atoms with E-state index in [0.29, 0.717) is 18.8 Å². The zero-order valence-corrected chi connectivity index (χ0v) is 13.4. The van der Waals surface area contributed by atoms with Crippen molar-refractivity contribution in [2.45, 2.75) is 32.2 Å². The number of sulfonamides is 1. The first-order valence-corrected chi connectivity index (χ1v) is 8.26. The summed E-state index contributed by atoms with van der Waals surface area (Å²) in [4.78, 5) is 0.181. The van der Waals surface area contributed by atoms with Crippen LogP contribution in [0.2, 0.25) is 0 Å². The summed E-state index contributed by atoms with van der Waals surface area (Å²) in [5.74, 6) is 0.625. The molecule has 5 nitrogen and oxygen atoms in total. The van der Waals surface area contributed by atoms with Crippen LogP contribution < -0.4 is 14.8 Å². The topological polar surface area (TPSA) is 67.4 Å². The molecule has 20 heavy (non-hydrogen) atoms. The molecule has 0 aliphatic rings. The maximum Gasteiger partial charge on any atom is 0.244 e. The molecule has 0 unspecified atom stereocenters. The van der Waals surface area contributed by atoms with E-state index in [-0.39, 0.29) is 10.8 Å². The fourth-order valence-corrected chi connectivity index (χ4v) is 3.03. The van der Waals surface area contributed by atoms with Gasteiger partial charge in [0.05, 0.1) is 7.11 Å². The molecule has 0 aliphatic carbocycles. The standard InChI is InChI=1S/C14H24N2O3S/c1-5-15-10-12-6-7-14(13(8-12)19-4)20(17,18)16-9-11(2)3/h6-8,11,15-16H,5,9-10H2,1-4H3. The number of hydrogen-bond donors (Lipinski definition) is 2. The van der Waals surface area contributed by atoms with Crippen LogP contribution in [0.3, 0.4) is 0 Å². The molecule has 0 atom stereocenters. The van der Waals surface area contributed by atoms with Gasteiger partial charge in [-0.05, 0) is 30.2 Å². The Balaban J connectivity index is 2.99. The van der Waals surface area contributed by atoms with Gasteiger partial charge in [-0.3, -0.25) is 0 Å². The zero-order valence-electron chi connectivity index (χ0n) is 12.6. The molecule has 0 bridgehead atoms. The molecule has 0 heterocycles. The van der Waals surface area contributed by atoms with Gasteiger partial charge in [-0.1, -0.05) is 26.8 Å². The summed E-state index contributed by atoms with van der Waals surface area (Å²) in [7, 11) is -2.05. The molecular formula is C14H24N2O3S. The van der Waals surface area contributed by atoms with Crippen molar-refractivity contribution >= 4 is 10.0 Å². The Morgan fingerprint density at radius 1 is 1.30 bits per heavy atom. The van der Waals surface area contributed by atoms with Gasteiger partial charge in [-0.25, -0.2) is 13.1 Å². The minimum atomic E-state index is -3.53. The SMILES string of the molecule is CCNCc1ccc(S(=O)(=O)NCC(C)C)c(OC)c1. The Hall–Kier alpha value is -1.11. The van der Waals surface area contributed by atoms with Crippen molar-refractivity contribution in [1.82, 2.24) is 10.0 Å². The molecule has 2 N–H and O–H groups in total. The predicted molar refractivity (Wildman–Crippen MR) is 80.4 cm³/mol. The van der Waals surface area contributed by atoms with Gasteiger partial charge in [0.25, 0.3) is 0 Å². The Kier molecular flexibility index (Phi) is 6.45. The minimum Gasteiger partial charge on any atom is -0.495 e. The highest BCUT2D eigenvalue weighted by atomic mass is 32.2. The number of ether oxygens (including phenoxy) is 1. The van der Waals surface area contributed by atoms with E-state index in [1.165, 1.54) is 7.11 Å². The molecule has 0 aromatic heterocycles. The monoisotopic (exact) mass is 300 g/mol. The molecule has 0 aliphatic heterocycles.